The maximum absolute atomic E-state index is 11.2. The van der Waals surface area contributed by atoms with Crippen molar-refractivity contribution in [2.24, 2.45) is 16.7 Å². The van der Waals surface area contributed by atoms with Crippen molar-refractivity contribution < 1.29 is 9.90 Å². The number of carbonyl (C=O) groups is 1. The van der Waals surface area contributed by atoms with E-state index in [0.717, 1.165) is 0 Å². The van der Waals surface area contributed by atoms with Crippen LogP contribution in [0.5, 0.6) is 0 Å². The molecule has 0 aromatic carbocycles. The third kappa shape index (κ3) is 1.87. The van der Waals surface area contributed by atoms with Crippen molar-refractivity contribution >= 4 is 29.2 Å². The minimum Gasteiger partial charge on any atom is -0.481 e. The summed E-state index contributed by atoms with van der Waals surface area (Å²) in [6, 6.07) is 0. The number of carboxylic acid groups (broad SMARTS) is 1. The summed E-state index contributed by atoms with van der Waals surface area (Å²) >= 11 is 12.3. The van der Waals surface area contributed by atoms with E-state index >= 15 is 0 Å². The number of aliphatic carboxylic acids is 1. The number of rotatable bonds is 4. The van der Waals surface area contributed by atoms with Crippen LogP contribution < -0.4 is 0 Å². The van der Waals surface area contributed by atoms with Gasteiger partial charge in [0, 0.05) is 11.3 Å². The summed E-state index contributed by atoms with van der Waals surface area (Å²) in [5.41, 5.74) is -0.893. The Morgan fingerprint density at radius 2 is 1.87 bits per heavy atom. The molecule has 2 atom stereocenters. The van der Waals surface area contributed by atoms with E-state index in [4.69, 9.17) is 28.3 Å². The standard InChI is InChI=1S/C11H18Cl2O2/c1-5-10(4,8(14)15)6-7-9(2,3)11(7,12)13/h7H,5-6H2,1-4H3,(H,14,15). The van der Waals surface area contributed by atoms with Gasteiger partial charge in [0.2, 0.25) is 0 Å². The van der Waals surface area contributed by atoms with Gasteiger partial charge in [-0.05, 0) is 19.8 Å². The molecule has 0 heterocycles. The first kappa shape index (κ1) is 13.1. The number of alkyl halides is 2. The molecule has 0 aromatic rings. The molecule has 1 aliphatic carbocycles. The molecule has 1 rings (SSSR count). The molecule has 1 aliphatic rings. The van der Waals surface area contributed by atoms with Crippen LogP contribution in [-0.2, 0) is 4.79 Å². The molecule has 0 radical (unpaired) electrons. The van der Waals surface area contributed by atoms with Gasteiger partial charge < -0.3 is 5.11 Å². The van der Waals surface area contributed by atoms with Crippen molar-refractivity contribution in [2.45, 2.75) is 44.9 Å². The average molecular weight is 253 g/mol. The second-order valence-electron chi connectivity index (χ2n) is 5.32. The summed E-state index contributed by atoms with van der Waals surface area (Å²) in [6.45, 7) is 7.60. The van der Waals surface area contributed by atoms with Gasteiger partial charge in [0.15, 0.2) is 0 Å². The lowest BCUT2D eigenvalue weighted by molar-refractivity contribution is -0.148. The smallest absolute Gasteiger partial charge is 0.309 e. The first-order valence-corrected chi connectivity index (χ1v) is 5.96. The van der Waals surface area contributed by atoms with Crippen LogP contribution in [0.25, 0.3) is 0 Å². The Bertz CT molecular complexity index is 272. The monoisotopic (exact) mass is 252 g/mol. The van der Waals surface area contributed by atoms with Crippen LogP contribution in [0.3, 0.4) is 0 Å². The Labute approximate surface area is 101 Å². The largest absolute Gasteiger partial charge is 0.481 e. The highest BCUT2D eigenvalue weighted by molar-refractivity contribution is 6.51. The van der Waals surface area contributed by atoms with Gasteiger partial charge in [0.1, 0.15) is 4.33 Å². The van der Waals surface area contributed by atoms with Gasteiger partial charge in [0.25, 0.3) is 0 Å². The summed E-state index contributed by atoms with van der Waals surface area (Å²) in [7, 11) is 0. The SMILES string of the molecule is CCC(C)(CC1C(C)(C)C1(Cl)Cl)C(=O)O. The minimum absolute atomic E-state index is 0.0642. The highest BCUT2D eigenvalue weighted by atomic mass is 35.5. The lowest BCUT2D eigenvalue weighted by Gasteiger charge is -2.23. The zero-order chi connectivity index (χ0) is 12.1. The lowest BCUT2D eigenvalue weighted by Crippen LogP contribution is -2.28. The van der Waals surface area contributed by atoms with Crippen molar-refractivity contribution in [2.75, 3.05) is 0 Å². The molecule has 2 nitrogen and oxygen atoms in total. The predicted octanol–water partition coefficient (Wildman–Crippen LogP) is 3.71. The topological polar surface area (TPSA) is 37.3 Å². The van der Waals surface area contributed by atoms with E-state index in [1.807, 2.05) is 20.8 Å². The molecule has 2 unspecified atom stereocenters. The summed E-state index contributed by atoms with van der Waals surface area (Å²) in [6.07, 6.45) is 1.14. The summed E-state index contributed by atoms with van der Waals surface area (Å²) in [5, 5.41) is 9.16. The van der Waals surface area contributed by atoms with E-state index in [0.29, 0.717) is 12.8 Å². The Morgan fingerprint density at radius 3 is 2.07 bits per heavy atom. The van der Waals surface area contributed by atoms with Gasteiger partial charge >= 0.3 is 5.97 Å². The summed E-state index contributed by atoms with van der Waals surface area (Å²) in [4.78, 5) is 11.2. The van der Waals surface area contributed by atoms with Gasteiger partial charge in [0.05, 0.1) is 5.41 Å². The highest BCUT2D eigenvalue weighted by Crippen LogP contribution is 2.71. The normalized spacial score (nSPS) is 30.7. The summed E-state index contributed by atoms with van der Waals surface area (Å²) < 4.78 is -0.765. The first-order valence-electron chi connectivity index (χ1n) is 5.21. The molecule has 4 heteroatoms. The van der Waals surface area contributed by atoms with Crippen molar-refractivity contribution in [1.82, 2.24) is 0 Å². The Hall–Kier alpha value is 0.0500. The van der Waals surface area contributed by atoms with E-state index in [1.165, 1.54) is 0 Å². The maximum atomic E-state index is 11.2. The van der Waals surface area contributed by atoms with Gasteiger partial charge in [-0.3, -0.25) is 4.79 Å². The van der Waals surface area contributed by atoms with Gasteiger partial charge in [-0.1, -0.05) is 20.8 Å². The molecule has 88 valence electrons. The molecular formula is C11H18Cl2O2. The van der Waals surface area contributed by atoms with Crippen molar-refractivity contribution in [1.29, 1.82) is 0 Å². The Balaban J connectivity index is 2.77. The van der Waals surface area contributed by atoms with Crippen LogP contribution in [0.4, 0.5) is 0 Å². The van der Waals surface area contributed by atoms with E-state index in [1.54, 1.807) is 6.92 Å². The third-order valence-electron chi connectivity index (χ3n) is 4.04. The molecule has 0 saturated heterocycles. The second kappa shape index (κ2) is 3.53. The van der Waals surface area contributed by atoms with Crippen LogP contribution in [0.2, 0.25) is 0 Å². The fourth-order valence-corrected chi connectivity index (χ4v) is 2.83. The third-order valence-corrected chi connectivity index (χ3v) is 5.54. The van der Waals surface area contributed by atoms with Crippen LogP contribution in [0.15, 0.2) is 0 Å². The van der Waals surface area contributed by atoms with Gasteiger partial charge in [-0.25, -0.2) is 0 Å². The fourth-order valence-electron chi connectivity index (χ4n) is 1.97. The van der Waals surface area contributed by atoms with Crippen LogP contribution in [0, 0.1) is 16.7 Å². The molecule has 1 fully saturated rings. The second-order valence-corrected chi connectivity index (χ2v) is 6.71. The molecule has 0 amide bonds. The molecule has 1 saturated carbocycles. The van der Waals surface area contributed by atoms with E-state index in [-0.39, 0.29) is 11.3 Å². The van der Waals surface area contributed by atoms with Crippen LogP contribution in [0.1, 0.15) is 40.5 Å². The molecule has 15 heavy (non-hydrogen) atoms. The number of carboxylic acids is 1. The molecular weight excluding hydrogens is 235 g/mol. The Kier molecular flexibility index (Phi) is 3.08. The van der Waals surface area contributed by atoms with E-state index in [9.17, 15) is 4.79 Å². The zero-order valence-electron chi connectivity index (χ0n) is 9.60. The van der Waals surface area contributed by atoms with Crippen molar-refractivity contribution in [3.05, 3.63) is 0 Å². The van der Waals surface area contributed by atoms with Crippen LogP contribution >= 0.6 is 23.2 Å². The molecule has 0 bridgehead atoms. The van der Waals surface area contributed by atoms with Crippen molar-refractivity contribution in [3.8, 4) is 0 Å². The quantitative estimate of drug-likeness (QED) is 0.775. The lowest BCUT2D eigenvalue weighted by atomic mass is 9.81. The minimum atomic E-state index is -0.767. The predicted molar refractivity (Wildman–Crippen MR) is 62.4 cm³/mol. The first-order chi connectivity index (χ1) is 6.59. The van der Waals surface area contributed by atoms with Crippen LogP contribution in [-0.4, -0.2) is 15.4 Å². The highest BCUT2D eigenvalue weighted by Gasteiger charge is 2.70. The molecule has 0 aliphatic heterocycles. The van der Waals surface area contributed by atoms with E-state index in [2.05, 4.69) is 0 Å². The summed E-state index contributed by atoms with van der Waals surface area (Å²) in [5.74, 6) is -0.703. The number of hydrogen-bond acceptors (Lipinski definition) is 1. The zero-order valence-corrected chi connectivity index (χ0v) is 11.1. The number of hydrogen-bond donors (Lipinski definition) is 1. The molecule has 1 N–H and O–H groups in total. The van der Waals surface area contributed by atoms with Crippen molar-refractivity contribution in [3.63, 3.8) is 0 Å². The average Bonchev–Trinajstić information content (AvgIpc) is 2.47. The fraction of sp³-hybridized carbons (Fsp3) is 0.909. The van der Waals surface area contributed by atoms with Gasteiger partial charge in [-0.15, -0.1) is 23.2 Å². The maximum Gasteiger partial charge on any atom is 0.309 e. The number of halogens is 2. The van der Waals surface area contributed by atoms with E-state index < -0.39 is 15.7 Å². The Morgan fingerprint density at radius 1 is 1.47 bits per heavy atom. The van der Waals surface area contributed by atoms with Gasteiger partial charge in [-0.2, -0.15) is 0 Å². The molecule has 0 spiro atoms. The molecule has 0 aromatic heterocycles.